The number of likely N-dealkylation sites (tertiary alicyclic amines) is 1. The van der Waals surface area contributed by atoms with Crippen molar-refractivity contribution in [3.8, 4) is 0 Å². The molecule has 0 radical (unpaired) electrons. The van der Waals surface area contributed by atoms with Gasteiger partial charge in [0.15, 0.2) is 5.69 Å². The SMILES string of the molecule is O=C(O)c1cnc(C(=O)N2CCCC(C(=O)NCC3CC3)C2)cn1. The molecule has 2 N–H and O–H groups in total. The summed E-state index contributed by atoms with van der Waals surface area (Å²) in [6, 6.07) is 0. The lowest BCUT2D eigenvalue weighted by atomic mass is 9.97. The molecule has 2 heterocycles. The van der Waals surface area contributed by atoms with Crippen molar-refractivity contribution in [2.75, 3.05) is 19.6 Å². The monoisotopic (exact) mass is 332 g/mol. The first kappa shape index (κ1) is 16.4. The van der Waals surface area contributed by atoms with Crippen LogP contribution in [0.25, 0.3) is 0 Å². The van der Waals surface area contributed by atoms with Gasteiger partial charge in [-0.05, 0) is 31.6 Å². The Bertz CT molecular complexity index is 642. The maximum absolute atomic E-state index is 12.5. The van der Waals surface area contributed by atoms with E-state index in [1.165, 1.54) is 19.0 Å². The number of aromatic carboxylic acids is 1. The third-order valence-corrected chi connectivity index (χ3v) is 4.43. The second kappa shape index (κ2) is 6.94. The van der Waals surface area contributed by atoms with E-state index in [-0.39, 0.29) is 29.1 Å². The van der Waals surface area contributed by atoms with Gasteiger partial charge in [-0.15, -0.1) is 0 Å². The van der Waals surface area contributed by atoms with Crippen molar-refractivity contribution >= 4 is 17.8 Å². The number of carbonyl (C=O) groups excluding carboxylic acids is 2. The second-order valence-electron chi connectivity index (χ2n) is 6.37. The molecule has 8 heteroatoms. The van der Waals surface area contributed by atoms with Crippen molar-refractivity contribution in [2.45, 2.75) is 25.7 Å². The Kier molecular flexibility index (Phi) is 4.73. The molecule has 1 aromatic heterocycles. The molecule has 2 amide bonds. The molecule has 128 valence electrons. The van der Waals surface area contributed by atoms with Gasteiger partial charge in [-0.2, -0.15) is 0 Å². The molecule has 1 saturated carbocycles. The zero-order valence-electron chi connectivity index (χ0n) is 13.3. The maximum atomic E-state index is 12.5. The summed E-state index contributed by atoms with van der Waals surface area (Å²) < 4.78 is 0. The molecular formula is C16H20N4O4. The second-order valence-corrected chi connectivity index (χ2v) is 6.37. The number of nitrogens with one attached hydrogen (secondary N) is 1. The molecular weight excluding hydrogens is 312 g/mol. The number of carboxylic acids is 1. The molecule has 1 aliphatic carbocycles. The van der Waals surface area contributed by atoms with Gasteiger partial charge in [-0.25, -0.2) is 14.8 Å². The molecule has 24 heavy (non-hydrogen) atoms. The molecule has 2 aliphatic rings. The summed E-state index contributed by atoms with van der Waals surface area (Å²) >= 11 is 0. The summed E-state index contributed by atoms with van der Waals surface area (Å²) in [5, 5.41) is 11.8. The van der Waals surface area contributed by atoms with Crippen LogP contribution in [0, 0.1) is 11.8 Å². The van der Waals surface area contributed by atoms with Crippen molar-refractivity contribution in [2.24, 2.45) is 11.8 Å². The molecule has 0 aromatic carbocycles. The van der Waals surface area contributed by atoms with Crippen LogP contribution < -0.4 is 5.32 Å². The highest BCUT2D eigenvalue weighted by molar-refractivity contribution is 5.93. The fraction of sp³-hybridized carbons (Fsp3) is 0.562. The van der Waals surface area contributed by atoms with Gasteiger partial charge in [-0.1, -0.05) is 0 Å². The van der Waals surface area contributed by atoms with E-state index < -0.39 is 5.97 Å². The third kappa shape index (κ3) is 3.87. The fourth-order valence-corrected chi connectivity index (χ4v) is 2.80. The van der Waals surface area contributed by atoms with Gasteiger partial charge in [0.2, 0.25) is 5.91 Å². The van der Waals surface area contributed by atoms with Crippen LogP contribution in [0.5, 0.6) is 0 Å². The lowest BCUT2D eigenvalue weighted by molar-refractivity contribution is -0.126. The Morgan fingerprint density at radius 2 is 1.88 bits per heavy atom. The molecule has 0 bridgehead atoms. The van der Waals surface area contributed by atoms with Crippen molar-refractivity contribution in [1.29, 1.82) is 0 Å². The van der Waals surface area contributed by atoms with Gasteiger partial charge in [0, 0.05) is 19.6 Å². The minimum atomic E-state index is -1.19. The summed E-state index contributed by atoms with van der Waals surface area (Å²) in [4.78, 5) is 44.6. The number of carbonyl (C=O) groups is 3. The first-order valence-corrected chi connectivity index (χ1v) is 8.17. The van der Waals surface area contributed by atoms with Crippen molar-refractivity contribution < 1.29 is 19.5 Å². The van der Waals surface area contributed by atoms with Crippen LogP contribution in [0.15, 0.2) is 12.4 Å². The number of amides is 2. The van der Waals surface area contributed by atoms with E-state index in [9.17, 15) is 14.4 Å². The number of hydrogen-bond acceptors (Lipinski definition) is 5. The predicted octanol–water partition coefficient (Wildman–Crippen LogP) is 0.553. The summed E-state index contributed by atoms with van der Waals surface area (Å²) in [7, 11) is 0. The molecule has 3 rings (SSSR count). The maximum Gasteiger partial charge on any atom is 0.356 e. The molecule has 1 saturated heterocycles. The van der Waals surface area contributed by atoms with E-state index in [4.69, 9.17) is 5.11 Å². The molecule has 1 aliphatic heterocycles. The Labute approximate surface area is 139 Å². The fourth-order valence-electron chi connectivity index (χ4n) is 2.80. The lowest BCUT2D eigenvalue weighted by Crippen LogP contribution is -2.46. The van der Waals surface area contributed by atoms with E-state index in [1.54, 1.807) is 4.90 Å². The first-order chi connectivity index (χ1) is 11.5. The number of carboxylic acid groups (broad SMARTS) is 1. The highest BCUT2D eigenvalue weighted by Gasteiger charge is 2.30. The third-order valence-electron chi connectivity index (χ3n) is 4.43. The van der Waals surface area contributed by atoms with Crippen molar-refractivity contribution in [1.82, 2.24) is 20.2 Å². The van der Waals surface area contributed by atoms with Crippen molar-refractivity contribution in [3.63, 3.8) is 0 Å². The molecule has 0 spiro atoms. The Hall–Kier alpha value is -2.51. The van der Waals surface area contributed by atoms with Gasteiger partial charge in [0.05, 0.1) is 18.3 Å². The van der Waals surface area contributed by atoms with Gasteiger partial charge in [0.25, 0.3) is 5.91 Å². The molecule has 1 aromatic rings. The topological polar surface area (TPSA) is 112 Å². The quantitative estimate of drug-likeness (QED) is 0.814. The average molecular weight is 332 g/mol. The zero-order valence-corrected chi connectivity index (χ0v) is 13.3. The number of piperidine rings is 1. The van der Waals surface area contributed by atoms with E-state index in [2.05, 4.69) is 15.3 Å². The van der Waals surface area contributed by atoms with Crippen LogP contribution in [0.1, 0.15) is 46.7 Å². The summed E-state index contributed by atoms with van der Waals surface area (Å²) in [6.45, 7) is 1.65. The Balaban J connectivity index is 1.59. The highest BCUT2D eigenvalue weighted by Crippen LogP contribution is 2.28. The lowest BCUT2D eigenvalue weighted by Gasteiger charge is -2.31. The summed E-state index contributed by atoms with van der Waals surface area (Å²) in [5.74, 6) is -1.08. The van der Waals surface area contributed by atoms with Gasteiger partial charge in [-0.3, -0.25) is 9.59 Å². The largest absolute Gasteiger partial charge is 0.476 e. The predicted molar refractivity (Wildman–Crippen MR) is 83.4 cm³/mol. The van der Waals surface area contributed by atoms with Crippen LogP contribution in [0.2, 0.25) is 0 Å². The average Bonchev–Trinajstić information content (AvgIpc) is 3.43. The molecule has 2 fully saturated rings. The molecule has 1 unspecified atom stereocenters. The molecule has 1 atom stereocenters. The Morgan fingerprint density at radius 1 is 1.17 bits per heavy atom. The van der Waals surface area contributed by atoms with Gasteiger partial charge >= 0.3 is 5.97 Å². The van der Waals surface area contributed by atoms with Crippen LogP contribution in [-0.2, 0) is 4.79 Å². The minimum absolute atomic E-state index is 0.00621. The molecule has 8 nitrogen and oxygen atoms in total. The van der Waals surface area contributed by atoms with Crippen LogP contribution in [0.4, 0.5) is 0 Å². The van der Waals surface area contributed by atoms with Gasteiger partial charge in [0.1, 0.15) is 5.69 Å². The Morgan fingerprint density at radius 3 is 2.50 bits per heavy atom. The smallest absolute Gasteiger partial charge is 0.356 e. The first-order valence-electron chi connectivity index (χ1n) is 8.17. The van der Waals surface area contributed by atoms with E-state index in [0.717, 1.165) is 25.6 Å². The highest BCUT2D eigenvalue weighted by atomic mass is 16.4. The number of rotatable bonds is 5. The number of nitrogens with zero attached hydrogens (tertiary/aromatic N) is 3. The standard InChI is InChI=1S/C16H20N4O4/c21-14(19-6-10-3-4-10)11-2-1-5-20(9-11)15(22)12-7-18-13(8-17-12)16(23)24/h7-8,10-11H,1-6,9H2,(H,19,21)(H,23,24). The van der Waals surface area contributed by atoms with E-state index >= 15 is 0 Å². The summed E-state index contributed by atoms with van der Waals surface area (Å²) in [6.07, 6.45) is 6.13. The van der Waals surface area contributed by atoms with E-state index in [1.807, 2.05) is 0 Å². The van der Waals surface area contributed by atoms with Crippen LogP contribution in [-0.4, -0.2) is 57.4 Å². The zero-order chi connectivity index (χ0) is 17.1. The normalized spacial score (nSPS) is 20.5. The number of hydrogen-bond donors (Lipinski definition) is 2. The van der Waals surface area contributed by atoms with Gasteiger partial charge < -0.3 is 15.3 Å². The van der Waals surface area contributed by atoms with Crippen LogP contribution >= 0.6 is 0 Å². The number of aromatic nitrogens is 2. The minimum Gasteiger partial charge on any atom is -0.476 e. The van der Waals surface area contributed by atoms with Crippen LogP contribution in [0.3, 0.4) is 0 Å². The summed E-state index contributed by atoms with van der Waals surface area (Å²) in [5.41, 5.74) is -0.110. The van der Waals surface area contributed by atoms with E-state index in [0.29, 0.717) is 19.0 Å². The van der Waals surface area contributed by atoms with Crippen molar-refractivity contribution in [3.05, 3.63) is 23.8 Å².